The third-order valence-electron chi connectivity index (χ3n) is 5.11. The van der Waals surface area contributed by atoms with Gasteiger partial charge in [-0.05, 0) is 35.9 Å². The van der Waals surface area contributed by atoms with Crippen LogP contribution in [0.4, 0.5) is 18.9 Å². The second-order valence-electron chi connectivity index (χ2n) is 7.20. The van der Waals surface area contributed by atoms with Gasteiger partial charge in [-0.25, -0.2) is 21.6 Å². The molecule has 0 saturated heterocycles. The number of H-pyrrole nitrogens is 1. The number of carbonyl (C=O) groups is 1. The number of hydrogen-bond donors (Lipinski definition) is 4. The Hall–Kier alpha value is -3.90. The molecule has 4 aromatic rings. The maximum Gasteiger partial charge on any atom is 0.272 e. The van der Waals surface area contributed by atoms with Gasteiger partial charge in [0.2, 0.25) is 0 Å². The lowest BCUT2D eigenvalue weighted by atomic mass is 10.0. The zero-order chi connectivity index (χ0) is 24.6. The topological polar surface area (TPSA) is 124 Å². The van der Waals surface area contributed by atoms with Crippen LogP contribution in [0, 0.1) is 17.5 Å². The van der Waals surface area contributed by atoms with Crippen LogP contribution < -0.4 is 10.0 Å². The summed E-state index contributed by atoms with van der Waals surface area (Å²) < 4.78 is 72.6. The number of hydrogen-bond acceptors (Lipinski definition) is 5. The summed E-state index contributed by atoms with van der Waals surface area (Å²) in [7, 11) is -2.95. The summed E-state index contributed by atoms with van der Waals surface area (Å²) in [5, 5.41) is 17.8. The summed E-state index contributed by atoms with van der Waals surface area (Å²) in [5.74, 6) is -4.13. The van der Waals surface area contributed by atoms with Crippen LogP contribution in [0.1, 0.15) is 16.1 Å². The number of nitrogens with zero attached hydrogens (tertiary/aromatic N) is 1. The number of anilines is 1. The molecule has 1 heterocycles. The van der Waals surface area contributed by atoms with Crippen LogP contribution >= 0.6 is 0 Å². The highest BCUT2D eigenvalue weighted by Gasteiger charge is 2.25. The Morgan fingerprint density at radius 1 is 1.09 bits per heavy atom. The Labute approximate surface area is 191 Å². The van der Waals surface area contributed by atoms with Gasteiger partial charge >= 0.3 is 0 Å². The molecule has 3 aromatic carbocycles. The number of halogens is 3. The number of sulfonamides is 1. The van der Waals surface area contributed by atoms with E-state index in [2.05, 4.69) is 15.5 Å². The molecule has 12 heteroatoms. The van der Waals surface area contributed by atoms with E-state index in [0.717, 1.165) is 18.2 Å². The predicted molar refractivity (Wildman–Crippen MR) is 118 cm³/mol. The molecule has 0 aliphatic heterocycles. The number of aromatic nitrogens is 2. The molecule has 4 N–H and O–H groups in total. The molecule has 0 aliphatic rings. The predicted octanol–water partition coefficient (Wildman–Crippen LogP) is 3.30. The molecular weight excluding hydrogens is 473 g/mol. The normalized spacial score (nSPS) is 11.6. The summed E-state index contributed by atoms with van der Waals surface area (Å²) in [6, 6.07) is 9.35. The lowest BCUT2D eigenvalue weighted by Gasteiger charge is -2.13. The first-order valence-corrected chi connectivity index (χ1v) is 11.3. The van der Waals surface area contributed by atoms with Crippen molar-refractivity contribution in [2.24, 2.45) is 0 Å². The van der Waals surface area contributed by atoms with Crippen molar-refractivity contribution in [1.82, 2.24) is 15.5 Å². The quantitative estimate of drug-likeness (QED) is 0.330. The van der Waals surface area contributed by atoms with E-state index in [1.54, 1.807) is 0 Å². The summed E-state index contributed by atoms with van der Waals surface area (Å²) in [6.45, 7) is -0.407. The van der Waals surface area contributed by atoms with Gasteiger partial charge in [0.15, 0.2) is 17.3 Å². The number of carbonyl (C=O) groups excluding carboxylic acids is 1. The zero-order valence-electron chi connectivity index (χ0n) is 17.5. The maximum absolute atomic E-state index is 15.3. The molecule has 0 radical (unpaired) electrons. The van der Waals surface area contributed by atoms with Crippen LogP contribution in [0.5, 0.6) is 0 Å². The average molecular weight is 490 g/mol. The van der Waals surface area contributed by atoms with Gasteiger partial charge in [0.05, 0.1) is 22.8 Å². The van der Waals surface area contributed by atoms with Gasteiger partial charge in [-0.1, -0.05) is 18.2 Å². The first-order valence-electron chi connectivity index (χ1n) is 9.77. The first kappa shape index (κ1) is 23.3. The van der Waals surface area contributed by atoms with E-state index in [1.807, 2.05) is 4.72 Å². The number of fused-ring (bicyclic) bond motifs is 1. The van der Waals surface area contributed by atoms with Crippen LogP contribution in [-0.4, -0.2) is 36.7 Å². The summed E-state index contributed by atoms with van der Waals surface area (Å²) in [5.41, 5.74) is -1.95. The number of nitrogens with one attached hydrogen (secondary N) is 3. The Balaban J connectivity index is 1.80. The van der Waals surface area contributed by atoms with E-state index in [1.165, 1.54) is 37.4 Å². The van der Waals surface area contributed by atoms with Gasteiger partial charge in [0.1, 0.15) is 11.3 Å². The van der Waals surface area contributed by atoms with Crippen LogP contribution in [-0.2, 0) is 16.6 Å². The monoisotopic (exact) mass is 490 g/mol. The van der Waals surface area contributed by atoms with Crippen molar-refractivity contribution in [3.8, 4) is 11.1 Å². The molecule has 0 unspecified atom stereocenters. The highest BCUT2D eigenvalue weighted by Crippen LogP contribution is 2.36. The van der Waals surface area contributed by atoms with Crippen molar-refractivity contribution in [2.75, 3.05) is 11.8 Å². The Kier molecular flexibility index (Phi) is 6.02. The minimum absolute atomic E-state index is 0.0991. The van der Waals surface area contributed by atoms with E-state index >= 15 is 8.78 Å². The highest BCUT2D eigenvalue weighted by atomic mass is 32.2. The van der Waals surface area contributed by atoms with Crippen LogP contribution in [0.2, 0.25) is 0 Å². The standard InChI is InChI=1S/C22H17F3N4O4S/c1-26-22(31)21-14-6-5-13(18(24)20(14)27-28-21)17-15(23)7-8-16(19(17)25)29-34(32,33)12-4-2-3-11(9-12)10-30/h2-9,29-30H,10H2,1H3,(H,26,31)(H,27,28). The summed E-state index contributed by atoms with van der Waals surface area (Å²) in [6.07, 6.45) is 0. The number of rotatable bonds is 6. The number of benzene rings is 3. The average Bonchev–Trinajstić information content (AvgIpc) is 3.27. The smallest absolute Gasteiger partial charge is 0.272 e. The fourth-order valence-electron chi connectivity index (χ4n) is 3.43. The molecule has 0 atom stereocenters. The second-order valence-corrected chi connectivity index (χ2v) is 8.88. The maximum atomic E-state index is 15.3. The van der Waals surface area contributed by atoms with Gasteiger partial charge in [0, 0.05) is 18.0 Å². The van der Waals surface area contributed by atoms with Crippen LogP contribution in [0.15, 0.2) is 53.4 Å². The lowest BCUT2D eigenvalue weighted by Crippen LogP contribution is -2.18. The van der Waals surface area contributed by atoms with Crippen molar-refractivity contribution in [1.29, 1.82) is 0 Å². The molecule has 4 rings (SSSR count). The van der Waals surface area contributed by atoms with Gasteiger partial charge in [-0.2, -0.15) is 5.10 Å². The van der Waals surface area contributed by atoms with E-state index < -0.39 is 56.8 Å². The van der Waals surface area contributed by atoms with E-state index in [0.29, 0.717) is 5.56 Å². The fourth-order valence-corrected chi connectivity index (χ4v) is 4.56. The Bertz CT molecular complexity index is 1540. The molecule has 0 spiro atoms. The van der Waals surface area contributed by atoms with Crippen LogP contribution in [0.25, 0.3) is 22.0 Å². The Morgan fingerprint density at radius 2 is 1.85 bits per heavy atom. The molecule has 1 aromatic heterocycles. The second kappa shape index (κ2) is 8.80. The van der Waals surface area contributed by atoms with Gasteiger partial charge in [-0.15, -0.1) is 0 Å². The number of aliphatic hydroxyl groups is 1. The van der Waals surface area contributed by atoms with E-state index in [9.17, 15) is 22.7 Å². The third kappa shape index (κ3) is 3.97. The minimum Gasteiger partial charge on any atom is -0.392 e. The van der Waals surface area contributed by atoms with Crippen molar-refractivity contribution in [3.63, 3.8) is 0 Å². The molecule has 0 fully saturated rings. The Morgan fingerprint density at radius 3 is 2.56 bits per heavy atom. The number of aliphatic hydroxyl groups excluding tert-OH is 1. The van der Waals surface area contributed by atoms with Crippen molar-refractivity contribution in [3.05, 3.63) is 77.2 Å². The highest BCUT2D eigenvalue weighted by molar-refractivity contribution is 7.92. The lowest BCUT2D eigenvalue weighted by molar-refractivity contribution is 0.0959. The van der Waals surface area contributed by atoms with Crippen LogP contribution in [0.3, 0.4) is 0 Å². The number of aromatic amines is 1. The van der Waals surface area contributed by atoms with Crippen molar-refractivity contribution >= 4 is 32.5 Å². The minimum atomic E-state index is -4.31. The first-order chi connectivity index (χ1) is 16.2. The molecule has 8 nitrogen and oxygen atoms in total. The molecule has 0 bridgehead atoms. The molecule has 176 valence electrons. The van der Waals surface area contributed by atoms with Crippen molar-refractivity contribution < 1.29 is 31.5 Å². The van der Waals surface area contributed by atoms with Gasteiger partial charge in [0.25, 0.3) is 15.9 Å². The molecular formula is C22H17F3N4O4S. The summed E-state index contributed by atoms with van der Waals surface area (Å²) in [4.78, 5) is 11.6. The van der Waals surface area contributed by atoms with E-state index in [4.69, 9.17) is 0 Å². The largest absolute Gasteiger partial charge is 0.392 e. The number of amides is 1. The SMILES string of the molecule is CNC(=O)c1n[nH]c2c(F)c(-c3c(F)ccc(NS(=O)(=O)c4cccc(CO)c4)c3F)ccc12. The molecule has 0 aliphatic carbocycles. The van der Waals surface area contributed by atoms with Gasteiger partial charge in [-0.3, -0.25) is 14.6 Å². The molecule has 34 heavy (non-hydrogen) atoms. The zero-order valence-corrected chi connectivity index (χ0v) is 18.3. The third-order valence-corrected chi connectivity index (χ3v) is 6.48. The molecule has 1 amide bonds. The van der Waals surface area contributed by atoms with E-state index in [-0.39, 0.29) is 21.5 Å². The summed E-state index contributed by atoms with van der Waals surface area (Å²) >= 11 is 0. The molecule has 0 saturated carbocycles. The van der Waals surface area contributed by atoms with Gasteiger partial charge < -0.3 is 10.4 Å². The fraction of sp³-hybridized carbons (Fsp3) is 0.0909. The van der Waals surface area contributed by atoms with Crippen molar-refractivity contribution in [2.45, 2.75) is 11.5 Å².